The van der Waals surface area contributed by atoms with Crippen molar-refractivity contribution in [2.75, 3.05) is 5.32 Å². The van der Waals surface area contributed by atoms with E-state index < -0.39 is 22.0 Å². The second-order valence-electron chi connectivity index (χ2n) is 6.33. The van der Waals surface area contributed by atoms with E-state index in [1.54, 1.807) is 13.0 Å². The molecule has 3 aromatic rings. The Kier molecular flexibility index (Phi) is 5.61. The predicted octanol–water partition coefficient (Wildman–Crippen LogP) is 2.12. The summed E-state index contributed by atoms with van der Waals surface area (Å²) in [5.41, 5.74) is 1.01. The standard InChI is InChI=1S/C18H20N4O5S/c1-11-9-16(21-26-11)19-18(23)15(10-14-7-5-4-6-8-14)22-28(24,25)17-12(2)20-27-13(17)3/h4-9,15,22H,10H2,1-3H3,(H,19,21,23)/t15-/m0/s1. The lowest BCUT2D eigenvalue weighted by Crippen LogP contribution is -2.45. The van der Waals surface area contributed by atoms with Crippen molar-refractivity contribution >= 4 is 21.7 Å². The summed E-state index contributed by atoms with van der Waals surface area (Å²) in [6.45, 7) is 4.71. The average molecular weight is 404 g/mol. The van der Waals surface area contributed by atoms with E-state index in [1.807, 2.05) is 30.3 Å². The van der Waals surface area contributed by atoms with Crippen LogP contribution in [0.2, 0.25) is 0 Å². The van der Waals surface area contributed by atoms with E-state index in [1.165, 1.54) is 13.8 Å². The fraction of sp³-hybridized carbons (Fsp3) is 0.278. The number of hydrogen-bond acceptors (Lipinski definition) is 7. The number of sulfonamides is 1. The van der Waals surface area contributed by atoms with Gasteiger partial charge in [0.25, 0.3) is 0 Å². The maximum Gasteiger partial charge on any atom is 0.246 e. The highest BCUT2D eigenvalue weighted by Crippen LogP contribution is 2.20. The maximum absolute atomic E-state index is 12.9. The molecule has 0 fully saturated rings. The molecule has 0 unspecified atom stereocenters. The van der Waals surface area contributed by atoms with E-state index in [4.69, 9.17) is 9.05 Å². The number of aryl methyl sites for hydroxylation is 3. The van der Waals surface area contributed by atoms with Crippen LogP contribution in [-0.4, -0.2) is 30.7 Å². The topological polar surface area (TPSA) is 127 Å². The zero-order chi connectivity index (χ0) is 20.3. The summed E-state index contributed by atoms with van der Waals surface area (Å²) in [5.74, 6) is 0.312. The molecule has 0 radical (unpaired) electrons. The maximum atomic E-state index is 12.9. The number of carbonyl (C=O) groups excluding carboxylic acids is 1. The van der Waals surface area contributed by atoms with Gasteiger partial charge in [-0.25, -0.2) is 8.42 Å². The molecule has 2 N–H and O–H groups in total. The largest absolute Gasteiger partial charge is 0.360 e. The van der Waals surface area contributed by atoms with Crippen LogP contribution >= 0.6 is 0 Å². The molecule has 0 aliphatic heterocycles. The molecule has 0 saturated heterocycles. The molecule has 2 heterocycles. The quantitative estimate of drug-likeness (QED) is 0.617. The third-order valence-corrected chi connectivity index (χ3v) is 5.73. The number of amides is 1. The van der Waals surface area contributed by atoms with Crippen molar-refractivity contribution in [2.45, 2.75) is 38.1 Å². The molecule has 0 saturated carbocycles. The molecule has 0 aliphatic carbocycles. The van der Waals surface area contributed by atoms with Crippen LogP contribution in [0.1, 0.15) is 22.8 Å². The first-order valence-corrected chi connectivity index (χ1v) is 9.98. The van der Waals surface area contributed by atoms with Crippen molar-refractivity contribution in [1.82, 2.24) is 15.0 Å². The minimum absolute atomic E-state index is 0.0735. The summed E-state index contributed by atoms with van der Waals surface area (Å²) in [4.78, 5) is 12.7. The Hall–Kier alpha value is -2.98. The van der Waals surface area contributed by atoms with Gasteiger partial charge in [-0.1, -0.05) is 40.6 Å². The Morgan fingerprint density at radius 3 is 2.39 bits per heavy atom. The Bertz CT molecular complexity index is 1050. The first-order valence-electron chi connectivity index (χ1n) is 8.49. The molecule has 9 nitrogen and oxygen atoms in total. The van der Waals surface area contributed by atoms with Gasteiger partial charge in [0, 0.05) is 6.07 Å². The fourth-order valence-corrected chi connectivity index (χ4v) is 4.31. The van der Waals surface area contributed by atoms with Crippen molar-refractivity contribution in [3.8, 4) is 0 Å². The number of nitrogens with zero attached hydrogens (tertiary/aromatic N) is 2. The predicted molar refractivity (Wildman–Crippen MR) is 100 cm³/mol. The van der Waals surface area contributed by atoms with E-state index in [0.29, 0.717) is 5.76 Å². The van der Waals surface area contributed by atoms with Crippen molar-refractivity contribution in [1.29, 1.82) is 0 Å². The van der Waals surface area contributed by atoms with Crippen molar-refractivity contribution in [3.05, 3.63) is 59.2 Å². The zero-order valence-corrected chi connectivity index (χ0v) is 16.4. The van der Waals surface area contributed by atoms with Crippen LogP contribution < -0.4 is 10.0 Å². The number of nitrogens with one attached hydrogen (secondary N) is 2. The Balaban J connectivity index is 1.88. The Morgan fingerprint density at radius 2 is 1.82 bits per heavy atom. The van der Waals surface area contributed by atoms with Crippen molar-refractivity contribution in [2.24, 2.45) is 0 Å². The van der Waals surface area contributed by atoms with Crippen LogP contribution in [0.25, 0.3) is 0 Å². The zero-order valence-electron chi connectivity index (χ0n) is 15.6. The number of carbonyl (C=O) groups is 1. The van der Waals surface area contributed by atoms with E-state index in [2.05, 4.69) is 20.4 Å². The number of benzene rings is 1. The fourth-order valence-electron chi connectivity index (χ4n) is 2.78. The first kappa shape index (κ1) is 19.8. The SMILES string of the molecule is Cc1cc(NC(=O)[C@H](Cc2ccccc2)NS(=O)(=O)c2c(C)noc2C)no1. The van der Waals surface area contributed by atoms with Crippen LogP contribution in [0.15, 0.2) is 50.3 Å². The van der Waals surface area contributed by atoms with Crippen LogP contribution in [0, 0.1) is 20.8 Å². The molecule has 148 valence electrons. The third-order valence-electron chi connectivity index (χ3n) is 4.01. The number of rotatable bonds is 7. The molecular weight excluding hydrogens is 384 g/mol. The van der Waals surface area contributed by atoms with Gasteiger partial charge < -0.3 is 14.4 Å². The van der Waals surface area contributed by atoms with Crippen molar-refractivity contribution < 1.29 is 22.3 Å². The number of aromatic nitrogens is 2. The Labute approximate surface area is 162 Å². The summed E-state index contributed by atoms with van der Waals surface area (Å²) >= 11 is 0. The van der Waals surface area contributed by atoms with Gasteiger partial charge in [-0.3, -0.25) is 4.79 Å². The average Bonchev–Trinajstić information content (AvgIpc) is 3.20. The third kappa shape index (κ3) is 4.46. The van der Waals surface area contributed by atoms with Gasteiger partial charge in [-0.05, 0) is 32.8 Å². The molecule has 2 aromatic heterocycles. The van der Waals surface area contributed by atoms with E-state index in [9.17, 15) is 13.2 Å². The van der Waals surface area contributed by atoms with Crippen LogP contribution in [0.3, 0.4) is 0 Å². The Morgan fingerprint density at radius 1 is 1.11 bits per heavy atom. The van der Waals surface area contributed by atoms with Crippen LogP contribution in [0.5, 0.6) is 0 Å². The number of hydrogen-bond donors (Lipinski definition) is 2. The number of anilines is 1. The van der Waals surface area contributed by atoms with Gasteiger partial charge in [0.05, 0.1) is 0 Å². The first-order chi connectivity index (χ1) is 13.3. The molecule has 10 heteroatoms. The van der Waals surface area contributed by atoms with Gasteiger partial charge in [0.15, 0.2) is 11.6 Å². The molecule has 0 aliphatic rings. The lowest BCUT2D eigenvalue weighted by Gasteiger charge is -2.18. The summed E-state index contributed by atoms with van der Waals surface area (Å²) < 4.78 is 38.1. The highest BCUT2D eigenvalue weighted by Gasteiger charge is 2.31. The van der Waals surface area contributed by atoms with Crippen LogP contribution in [-0.2, 0) is 21.2 Å². The highest BCUT2D eigenvalue weighted by atomic mass is 32.2. The normalized spacial score (nSPS) is 12.7. The molecule has 1 atom stereocenters. The smallest absolute Gasteiger partial charge is 0.246 e. The minimum atomic E-state index is -4.04. The lowest BCUT2D eigenvalue weighted by atomic mass is 10.1. The summed E-state index contributed by atoms with van der Waals surface area (Å²) in [6, 6.07) is 9.54. The van der Waals surface area contributed by atoms with Crippen molar-refractivity contribution in [3.63, 3.8) is 0 Å². The van der Waals surface area contributed by atoms with Crippen LogP contribution in [0.4, 0.5) is 5.82 Å². The summed E-state index contributed by atoms with van der Waals surface area (Å²) in [7, 11) is -4.04. The molecule has 0 bridgehead atoms. The monoisotopic (exact) mass is 404 g/mol. The molecule has 28 heavy (non-hydrogen) atoms. The van der Waals surface area contributed by atoms with E-state index >= 15 is 0 Å². The molecule has 1 aromatic carbocycles. The second kappa shape index (κ2) is 7.95. The second-order valence-corrected chi connectivity index (χ2v) is 7.98. The van der Waals surface area contributed by atoms with Gasteiger partial charge in [-0.2, -0.15) is 4.72 Å². The molecule has 3 rings (SSSR count). The summed E-state index contributed by atoms with van der Waals surface area (Å²) in [5, 5.41) is 9.95. The van der Waals surface area contributed by atoms with Gasteiger partial charge in [0.1, 0.15) is 22.4 Å². The molecule has 1 amide bonds. The highest BCUT2D eigenvalue weighted by molar-refractivity contribution is 7.89. The van der Waals surface area contributed by atoms with Gasteiger partial charge >= 0.3 is 0 Å². The molecule has 0 spiro atoms. The summed E-state index contributed by atoms with van der Waals surface area (Å²) in [6.07, 6.45) is 0.145. The van der Waals surface area contributed by atoms with E-state index in [0.717, 1.165) is 5.56 Å². The lowest BCUT2D eigenvalue weighted by molar-refractivity contribution is -0.117. The minimum Gasteiger partial charge on any atom is -0.360 e. The molecular formula is C18H20N4O5S. The van der Waals surface area contributed by atoms with Gasteiger partial charge in [-0.15, -0.1) is 0 Å². The van der Waals surface area contributed by atoms with Gasteiger partial charge in [0.2, 0.25) is 15.9 Å². The van der Waals surface area contributed by atoms with E-state index in [-0.39, 0.29) is 28.6 Å².